The predicted octanol–water partition coefficient (Wildman–Crippen LogP) is 3.03. The highest BCUT2D eigenvalue weighted by Crippen LogP contribution is 2.12. The van der Waals surface area contributed by atoms with Gasteiger partial charge in [-0.05, 0) is 35.4 Å². The van der Waals surface area contributed by atoms with Gasteiger partial charge in [0, 0.05) is 35.4 Å². The van der Waals surface area contributed by atoms with Crippen LogP contribution in [0.5, 0.6) is 0 Å². The molecule has 2 N–H and O–H groups in total. The molecule has 0 saturated heterocycles. The summed E-state index contributed by atoms with van der Waals surface area (Å²) < 4.78 is 0. The van der Waals surface area contributed by atoms with Crippen LogP contribution in [0.15, 0.2) is 83.0 Å². The van der Waals surface area contributed by atoms with E-state index in [2.05, 4.69) is 21.1 Å². The van der Waals surface area contributed by atoms with Gasteiger partial charge in [-0.2, -0.15) is 10.2 Å². The standard InChI is InChI=1S/C22H16N6O6/c29-21(17-5-9-19(10-6-17)27(31)32)25-23-13-15-1-2-16(4-3-15)14-24-26-22(30)18-7-11-20(12-8-18)28(33)34/h1-14H,(H,25,29)(H,26,30)/b23-13-,24-14-. The highest BCUT2D eigenvalue weighted by Gasteiger charge is 2.09. The molecule has 0 spiro atoms. The largest absolute Gasteiger partial charge is 0.271 e. The fourth-order valence-corrected chi connectivity index (χ4v) is 2.60. The molecule has 0 unspecified atom stereocenters. The zero-order valence-corrected chi connectivity index (χ0v) is 17.3. The summed E-state index contributed by atoms with van der Waals surface area (Å²) in [6.07, 6.45) is 2.83. The fourth-order valence-electron chi connectivity index (χ4n) is 2.60. The summed E-state index contributed by atoms with van der Waals surface area (Å²) in [6.45, 7) is 0. The van der Waals surface area contributed by atoms with E-state index in [1.807, 2.05) is 0 Å². The number of amides is 2. The summed E-state index contributed by atoms with van der Waals surface area (Å²) in [5, 5.41) is 29.0. The monoisotopic (exact) mass is 460 g/mol. The number of carbonyl (C=O) groups excluding carboxylic acids is 2. The summed E-state index contributed by atoms with van der Waals surface area (Å²) in [5.41, 5.74) is 6.24. The number of nitro groups is 2. The van der Waals surface area contributed by atoms with Crippen molar-refractivity contribution < 1.29 is 19.4 Å². The van der Waals surface area contributed by atoms with Crippen LogP contribution in [-0.2, 0) is 0 Å². The van der Waals surface area contributed by atoms with Crippen LogP contribution < -0.4 is 10.9 Å². The van der Waals surface area contributed by atoms with E-state index in [1.165, 1.54) is 61.0 Å². The van der Waals surface area contributed by atoms with Crippen molar-refractivity contribution in [2.24, 2.45) is 10.2 Å². The number of nitro benzene ring substituents is 2. The molecule has 0 aliphatic carbocycles. The zero-order valence-electron chi connectivity index (χ0n) is 17.3. The van der Waals surface area contributed by atoms with Gasteiger partial charge in [0.2, 0.25) is 0 Å². The minimum atomic E-state index is -0.554. The van der Waals surface area contributed by atoms with Crippen molar-refractivity contribution in [2.75, 3.05) is 0 Å². The van der Waals surface area contributed by atoms with E-state index in [9.17, 15) is 29.8 Å². The summed E-state index contributed by atoms with van der Waals surface area (Å²) in [7, 11) is 0. The topological polar surface area (TPSA) is 169 Å². The Morgan fingerprint density at radius 3 is 1.24 bits per heavy atom. The van der Waals surface area contributed by atoms with E-state index >= 15 is 0 Å². The third-order valence-electron chi connectivity index (χ3n) is 4.38. The van der Waals surface area contributed by atoms with Crippen LogP contribution in [0.3, 0.4) is 0 Å². The van der Waals surface area contributed by atoms with Gasteiger partial charge in [-0.1, -0.05) is 24.3 Å². The number of nitrogens with zero attached hydrogens (tertiary/aromatic N) is 4. The Morgan fingerprint density at radius 1 is 0.618 bits per heavy atom. The molecular formula is C22H16N6O6. The van der Waals surface area contributed by atoms with E-state index in [0.717, 1.165) is 0 Å². The fraction of sp³-hybridized carbons (Fsp3) is 0. The molecule has 0 fully saturated rings. The van der Waals surface area contributed by atoms with Crippen LogP contribution in [0.2, 0.25) is 0 Å². The molecular weight excluding hydrogens is 444 g/mol. The summed E-state index contributed by atoms with van der Waals surface area (Å²) >= 11 is 0. The first-order valence-electron chi connectivity index (χ1n) is 9.59. The second-order valence-corrected chi connectivity index (χ2v) is 6.67. The quantitative estimate of drug-likeness (QED) is 0.297. The molecule has 2 amide bonds. The number of rotatable bonds is 8. The number of carbonyl (C=O) groups is 2. The van der Waals surface area contributed by atoms with Crippen molar-refractivity contribution >= 4 is 35.6 Å². The van der Waals surface area contributed by atoms with Crippen molar-refractivity contribution in [3.63, 3.8) is 0 Å². The molecule has 170 valence electrons. The minimum absolute atomic E-state index is 0.116. The van der Waals surface area contributed by atoms with Crippen molar-refractivity contribution in [2.45, 2.75) is 0 Å². The Bertz CT molecular complexity index is 1170. The van der Waals surface area contributed by atoms with Gasteiger partial charge >= 0.3 is 0 Å². The molecule has 12 heteroatoms. The molecule has 3 aromatic carbocycles. The van der Waals surface area contributed by atoms with Gasteiger partial charge < -0.3 is 0 Å². The molecule has 0 atom stereocenters. The van der Waals surface area contributed by atoms with Crippen LogP contribution in [0.25, 0.3) is 0 Å². The molecule has 12 nitrogen and oxygen atoms in total. The van der Waals surface area contributed by atoms with E-state index in [-0.39, 0.29) is 22.5 Å². The van der Waals surface area contributed by atoms with Gasteiger partial charge in [-0.3, -0.25) is 29.8 Å². The van der Waals surface area contributed by atoms with Gasteiger partial charge in [0.1, 0.15) is 0 Å². The van der Waals surface area contributed by atoms with Gasteiger partial charge in [-0.25, -0.2) is 10.9 Å². The third-order valence-corrected chi connectivity index (χ3v) is 4.38. The third kappa shape index (κ3) is 6.37. The molecule has 0 bridgehead atoms. The Balaban J connectivity index is 1.50. The SMILES string of the molecule is O=C(N/N=C\c1ccc(/C=N\NC(=O)c2ccc([N+](=O)[O-])cc2)cc1)c1ccc([N+](=O)[O-])cc1. The van der Waals surface area contributed by atoms with Gasteiger partial charge in [0.05, 0.1) is 22.3 Å². The van der Waals surface area contributed by atoms with Crippen LogP contribution in [0.1, 0.15) is 31.8 Å². The van der Waals surface area contributed by atoms with Gasteiger partial charge in [0.15, 0.2) is 0 Å². The van der Waals surface area contributed by atoms with Crippen LogP contribution in [0.4, 0.5) is 11.4 Å². The highest BCUT2D eigenvalue weighted by atomic mass is 16.6. The molecule has 0 heterocycles. The normalized spacial score (nSPS) is 10.8. The number of hydrazone groups is 2. The lowest BCUT2D eigenvalue weighted by Gasteiger charge is -2.00. The molecule has 0 aliphatic rings. The van der Waals surface area contributed by atoms with Crippen molar-refractivity contribution in [1.82, 2.24) is 10.9 Å². The second-order valence-electron chi connectivity index (χ2n) is 6.67. The van der Waals surface area contributed by atoms with Crippen LogP contribution in [0, 0.1) is 20.2 Å². The molecule has 34 heavy (non-hydrogen) atoms. The van der Waals surface area contributed by atoms with E-state index < -0.39 is 21.7 Å². The zero-order chi connectivity index (χ0) is 24.5. The van der Waals surface area contributed by atoms with Crippen molar-refractivity contribution in [1.29, 1.82) is 0 Å². The lowest BCUT2D eigenvalue weighted by molar-refractivity contribution is -0.385. The highest BCUT2D eigenvalue weighted by molar-refractivity contribution is 5.96. The first-order chi connectivity index (χ1) is 16.3. The number of benzene rings is 3. The minimum Gasteiger partial charge on any atom is -0.267 e. The maximum Gasteiger partial charge on any atom is 0.271 e. The Morgan fingerprint density at radius 2 is 0.941 bits per heavy atom. The Labute approximate surface area is 191 Å². The Hall–Kier alpha value is -5.26. The van der Waals surface area contributed by atoms with E-state index in [0.29, 0.717) is 11.1 Å². The first-order valence-corrected chi connectivity index (χ1v) is 9.59. The predicted molar refractivity (Wildman–Crippen MR) is 123 cm³/mol. The number of non-ortho nitro benzene ring substituents is 2. The molecule has 0 radical (unpaired) electrons. The van der Waals surface area contributed by atoms with Crippen molar-refractivity contribution in [3.05, 3.63) is 115 Å². The molecule has 0 saturated carbocycles. The van der Waals surface area contributed by atoms with Gasteiger partial charge in [0.25, 0.3) is 23.2 Å². The summed E-state index contributed by atoms with van der Waals surface area (Å²) in [6, 6.07) is 17.1. The average molecular weight is 460 g/mol. The molecule has 3 rings (SSSR count). The van der Waals surface area contributed by atoms with Crippen LogP contribution in [-0.4, -0.2) is 34.1 Å². The van der Waals surface area contributed by atoms with Gasteiger partial charge in [-0.15, -0.1) is 0 Å². The Kier molecular flexibility index (Phi) is 7.47. The number of hydrogen-bond donors (Lipinski definition) is 2. The lowest BCUT2D eigenvalue weighted by Crippen LogP contribution is -2.17. The second kappa shape index (κ2) is 10.9. The molecule has 0 aromatic heterocycles. The number of nitrogens with one attached hydrogen (secondary N) is 2. The average Bonchev–Trinajstić information content (AvgIpc) is 2.85. The summed E-state index contributed by atoms with van der Waals surface area (Å²) in [4.78, 5) is 44.2. The summed E-state index contributed by atoms with van der Waals surface area (Å²) in [5.74, 6) is -1.03. The maximum absolute atomic E-state index is 12.0. The van der Waals surface area contributed by atoms with Crippen LogP contribution >= 0.6 is 0 Å². The molecule has 0 aliphatic heterocycles. The number of hydrogen-bond acceptors (Lipinski definition) is 8. The van der Waals surface area contributed by atoms with Crippen molar-refractivity contribution in [3.8, 4) is 0 Å². The molecule has 3 aromatic rings. The first kappa shape index (κ1) is 23.4. The lowest BCUT2D eigenvalue weighted by atomic mass is 10.2. The maximum atomic E-state index is 12.0. The van der Waals surface area contributed by atoms with E-state index in [1.54, 1.807) is 24.3 Å². The smallest absolute Gasteiger partial charge is 0.267 e. The van der Waals surface area contributed by atoms with E-state index in [4.69, 9.17) is 0 Å².